The van der Waals surface area contributed by atoms with Crippen LogP contribution < -0.4 is 0 Å². The molecular weight excluding hydrogens is 484 g/mol. The number of benzene rings is 3. The van der Waals surface area contributed by atoms with E-state index in [-0.39, 0.29) is 5.41 Å². The van der Waals surface area contributed by atoms with Gasteiger partial charge < -0.3 is 4.57 Å². The summed E-state index contributed by atoms with van der Waals surface area (Å²) in [6.45, 7) is 9.09. The monoisotopic (exact) mass is 526 g/mol. The first-order valence-corrected chi connectivity index (χ1v) is 15.1. The molecule has 0 amide bonds. The van der Waals surface area contributed by atoms with Crippen LogP contribution in [0.5, 0.6) is 0 Å². The molecule has 0 radical (unpaired) electrons. The number of para-hydroxylation sites is 1. The third kappa shape index (κ3) is 5.85. The lowest BCUT2D eigenvalue weighted by Gasteiger charge is -2.22. The van der Waals surface area contributed by atoms with Gasteiger partial charge in [0.05, 0.1) is 11.4 Å². The zero-order chi connectivity index (χ0) is 28.0. The van der Waals surface area contributed by atoms with E-state index in [9.17, 15) is 0 Å². The van der Waals surface area contributed by atoms with Gasteiger partial charge in [0.25, 0.3) is 0 Å². The maximum atomic E-state index is 5.03. The molecule has 4 aromatic rings. The quantitative estimate of drug-likeness (QED) is 0.145. The first kappa shape index (κ1) is 27.7. The van der Waals surface area contributed by atoms with E-state index in [0.717, 1.165) is 35.4 Å². The van der Waals surface area contributed by atoms with Crippen molar-refractivity contribution in [3.8, 4) is 17.5 Å². The minimum absolute atomic E-state index is 0.163. The van der Waals surface area contributed by atoms with Gasteiger partial charge in [0, 0.05) is 34.1 Å². The highest BCUT2D eigenvalue weighted by molar-refractivity contribution is 6.12. The van der Waals surface area contributed by atoms with Crippen molar-refractivity contribution in [3.05, 3.63) is 119 Å². The predicted octanol–water partition coefficient (Wildman–Crippen LogP) is 9.75. The van der Waals surface area contributed by atoms with Gasteiger partial charge in [-0.15, -0.1) is 0 Å². The molecule has 0 spiro atoms. The van der Waals surface area contributed by atoms with Crippen LogP contribution in [0.4, 0.5) is 5.69 Å². The second-order valence-electron chi connectivity index (χ2n) is 11.5. The van der Waals surface area contributed by atoms with Crippen molar-refractivity contribution in [3.63, 3.8) is 0 Å². The molecule has 2 heterocycles. The summed E-state index contributed by atoms with van der Waals surface area (Å²) in [5.74, 6) is 7.15. The summed E-state index contributed by atoms with van der Waals surface area (Å²) in [5.41, 5.74) is 10.7. The van der Waals surface area contributed by atoms with Crippen molar-refractivity contribution in [2.75, 3.05) is 0 Å². The second kappa shape index (κ2) is 12.6. The van der Waals surface area contributed by atoms with Gasteiger partial charge in [0.15, 0.2) is 0 Å². The Labute approximate surface area is 241 Å². The Kier molecular flexibility index (Phi) is 8.71. The Balaban J connectivity index is 1.45. The largest absolute Gasteiger partial charge is 0.319 e. The van der Waals surface area contributed by atoms with Gasteiger partial charge >= 0.3 is 0 Å². The number of aromatic nitrogens is 1. The van der Waals surface area contributed by atoms with Crippen molar-refractivity contribution < 1.29 is 0 Å². The number of hydrogen-bond donors (Lipinski definition) is 0. The highest BCUT2D eigenvalue weighted by Crippen LogP contribution is 2.42. The maximum absolute atomic E-state index is 5.03. The van der Waals surface area contributed by atoms with E-state index < -0.39 is 0 Å². The lowest BCUT2D eigenvalue weighted by atomic mass is 9.78. The molecule has 0 bridgehead atoms. The molecule has 0 atom stereocenters. The van der Waals surface area contributed by atoms with Crippen LogP contribution in [0, 0.1) is 11.8 Å². The van der Waals surface area contributed by atoms with Gasteiger partial charge in [-0.1, -0.05) is 120 Å². The molecular formula is C38H42N2. The molecule has 0 saturated carbocycles. The molecule has 0 N–H and O–H groups in total. The lowest BCUT2D eigenvalue weighted by molar-refractivity contribution is 0.606. The normalized spacial score (nSPS) is 13.4. The number of unbranched alkanes of at least 4 members (excludes halogenated alkanes) is 5. The topological polar surface area (TPSA) is 17.3 Å². The van der Waals surface area contributed by atoms with Crippen molar-refractivity contribution in [1.82, 2.24) is 4.57 Å². The van der Waals surface area contributed by atoms with Gasteiger partial charge in [-0.25, -0.2) is 0 Å². The van der Waals surface area contributed by atoms with Gasteiger partial charge in [0.2, 0.25) is 0 Å². The van der Waals surface area contributed by atoms with Crippen LogP contribution in [-0.4, -0.2) is 10.3 Å². The van der Waals surface area contributed by atoms with Crippen LogP contribution in [0.2, 0.25) is 0 Å². The highest BCUT2D eigenvalue weighted by Gasteiger charge is 2.35. The number of fused-ring (bicyclic) bond motifs is 1. The van der Waals surface area contributed by atoms with Crippen LogP contribution in [0.3, 0.4) is 0 Å². The lowest BCUT2D eigenvalue weighted by Crippen LogP contribution is -2.26. The first-order valence-electron chi connectivity index (χ1n) is 15.1. The number of nitrogens with zero attached hydrogens (tertiary/aromatic N) is 2. The fourth-order valence-electron chi connectivity index (χ4n) is 6.02. The molecule has 2 nitrogen and oxygen atoms in total. The van der Waals surface area contributed by atoms with Crippen molar-refractivity contribution >= 4 is 11.4 Å². The van der Waals surface area contributed by atoms with E-state index in [1.807, 2.05) is 0 Å². The third-order valence-corrected chi connectivity index (χ3v) is 8.25. The number of hydrogen-bond acceptors (Lipinski definition) is 1. The zero-order valence-corrected chi connectivity index (χ0v) is 24.6. The number of rotatable bonds is 10. The predicted molar refractivity (Wildman–Crippen MR) is 170 cm³/mol. The summed E-state index contributed by atoms with van der Waals surface area (Å²) in [4.78, 5) is 5.03. The molecule has 1 aromatic heterocycles. The minimum atomic E-state index is -0.163. The maximum Gasteiger partial charge on any atom is 0.0675 e. The van der Waals surface area contributed by atoms with E-state index in [1.54, 1.807) is 0 Å². The smallest absolute Gasteiger partial charge is 0.0675 e. The molecule has 40 heavy (non-hydrogen) atoms. The molecule has 5 rings (SSSR count). The standard InChI is InChI=1S/C38H42N2/c1-5-7-8-9-10-17-22-33-31(28-40(36(33)6-2)32-20-15-12-16-21-32)25-23-29-24-26-35-34(27-29)38(3,4)37(39-35)30-18-13-11-14-19-30/h11-16,18-21,24,26-28H,5-10,17,22H2,1-4H3. The molecule has 1 aliphatic rings. The summed E-state index contributed by atoms with van der Waals surface area (Å²) < 4.78 is 2.36. The summed E-state index contributed by atoms with van der Waals surface area (Å²) in [7, 11) is 0. The van der Waals surface area contributed by atoms with Gasteiger partial charge in [-0.05, 0) is 66.3 Å². The van der Waals surface area contributed by atoms with E-state index in [2.05, 4.69) is 129 Å². The molecule has 0 fully saturated rings. The van der Waals surface area contributed by atoms with E-state index in [0.29, 0.717) is 0 Å². The summed E-state index contributed by atoms with van der Waals surface area (Å²) in [6, 6.07) is 27.8. The molecule has 0 aliphatic carbocycles. The van der Waals surface area contributed by atoms with Crippen molar-refractivity contribution in [2.45, 2.75) is 84.5 Å². The SMILES string of the molecule is CCCCCCCCc1c(C#Cc2ccc3c(c2)C(C)(C)C(c2ccccc2)=N3)cn(-c2ccccc2)c1CC. The van der Waals surface area contributed by atoms with E-state index in [1.165, 1.54) is 66.6 Å². The van der Waals surface area contributed by atoms with E-state index in [4.69, 9.17) is 4.99 Å². The molecule has 0 saturated heterocycles. The molecule has 2 heteroatoms. The summed E-state index contributed by atoms with van der Waals surface area (Å²) in [5, 5.41) is 0. The zero-order valence-electron chi connectivity index (χ0n) is 24.6. The summed E-state index contributed by atoms with van der Waals surface area (Å²) >= 11 is 0. The van der Waals surface area contributed by atoms with E-state index >= 15 is 0 Å². The average molecular weight is 527 g/mol. The Morgan fingerprint density at radius 1 is 0.775 bits per heavy atom. The Morgan fingerprint density at radius 2 is 1.48 bits per heavy atom. The second-order valence-corrected chi connectivity index (χ2v) is 11.5. The first-order chi connectivity index (χ1) is 19.5. The molecule has 3 aromatic carbocycles. The third-order valence-electron chi connectivity index (χ3n) is 8.25. The van der Waals surface area contributed by atoms with Gasteiger partial charge in [-0.3, -0.25) is 4.99 Å². The van der Waals surface area contributed by atoms with Crippen LogP contribution in [0.15, 0.2) is 90.1 Å². The Morgan fingerprint density at radius 3 is 2.20 bits per heavy atom. The van der Waals surface area contributed by atoms with Crippen LogP contribution in [-0.2, 0) is 18.3 Å². The molecule has 1 aliphatic heterocycles. The fourth-order valence-corrected chi connectivity index (χ4v) is 6.02. The summed E-state index contributed by atoms with van der Waals surface area (Å²) in [6.07, 6.45) is 12.2. The Bertz CT molecular complexity index is 1530. The molecule has 204 valence electrons. The van der Waals surface area contributed by atoms with Crippen molar-refractivity contribution in [2.24, 2.45) is 4.99 Å². The highest BCUT2D eigenvalue weighted by atomic mass is 15.0. The van der Waals surface area contributed by atoms with Crippen LogP contribution in [0.1, 0.15) is 99.7 Å². The number of aliphatic imine (C=N–C) groups is 1. The van der Waals surface area contributed by atoms with Crippen LogP contribution in [0.25, 0.3) is 5.69 Å². The average Bonchev–Trinajstić information content (AvgIpc) is 3.47. The minimum Gasteiger partial charge on any atom is -0.319 e. The van der Waals surface area contributed by atoms with Gasteiger partial charge in [0.1, 0.15) is 0 Å². The van der Waals surface area contributed by atoms with Gasteiger partial charge in [-0.2, -0.15) is 0 Å². The van der Waals surface area contributed by atoms with Crippen molar-refractivity contribution in [1.29, 1.82) is 0 Å². The van der Waals surface area contributed by atoms with Crippen LogP contribution >= 0.6 is 0 Å². The Hall–Kier alpha value is -3.83. The fraction of sp³-hybridized carbons (Fsp3) is 0.342. The molecule has 0 unspecified atom stereocenters.